The molecule has 1 aliphatic heterocycles. The van der Waals surface area contributed by atoms with Crippen molar-refractivity contribution in [3.8, 4) is 0 Å². The molecule has 0 spiro atoms. The Kier molecular flexibility index (Phi) is 3.37. The fourth-order valence-electron chi connectivity index (χ4n) is 2.59. The van der Waals surface area contributed by atoms with Crippen molar-refractivity contribution in [3.63, 3.8) is 0 Å². The minimum Gasteiger partial charge on any atom is -0.382 e. The Hall–Kier alpha value is -1.67. The lowest BCUT2D eigenvalue weighted by atomic mass is 9.78. The first-order valence-electron chi connectivity index (χ1n) is 6.62. The lowest BCUT2D eigenvalue weighted by Crippen LogP contribution is -2.47. The monoisotopic (exact) mass is 313 g/mol. The molecule has 1 aromatic carbocycles. The van der Waals surface area contributed by atoms with Gasteiger partial charge in [-0.05, 0) is 37.5 Å². The fraction of sp³-hybridized carbons (Fsp3) is 0.462. The highest BCUT2D eigenvalue weighted by molar-refractivity contribution is 7.90. The summed E-state index contributed by atoms with van der Waals surface area (Å²) in [5.41, 5.74) is -0.0577. The van der Waals surface area contributed by atoms with E-state index >= 15 is 0 Å². The van der Waals surface area contributed by atoms with Crippen LogP contribution in [0.15, 0.2) is 28.1 Å². The number of fused-ring (bicyclic) bond motifs is 1. The molecule has 3 rings (SSSR count). The minimum absolute atomic E-state index is 0.115. The topological polar surface area (TPSA) is 79.8 Å². The first-order chi connectivity index (χ1) is 9.94. The third-order valence-electron chi connectivity index (χ3n) is 3.76. The predicted molar refractivity (Wildman–Crippen MR) is 76.2 cm³/mol. The number of nitrogens with one attached hydrogen (secondary N) is 2. The first kappa shape index (κ1) is 14.3. The molecule has 0 amide bonds. The summed E-state index contributed by atoms with van der Waals surface area (Å²) in [6.07, 6.45) is 2.74. The van der Waals surface area contributed by atoms with E-state index in [0.29, 0.717) is 12.3 Å². The SMILES string of the molecule is COCC1(N=C2Nc3ccc(F)cc3S(=O)(=O)N2)CCC1. The molecular weight excluding hydrogens is 297 g/mol. The van der Waals surface area contributed by atoms with E-state index < -0.39 is 15.8 Å². The standard InChI is InChI=1S/C13H16FN3O3S/c1-20-8-13(5-2-6-13)16-12-15-10-4-3-9(14)7-11(10)21(18,19)17-12/h3-4,7H,2,5-6,8H2,1H3,(H2,15,16,17). The molecule has 0 aromatic heterocycles. The number of nitrogens with zero attached hydrogens (tertiary/aromatic N) is 1. The van der Waals surface area contributed by atoms with Crippen molar-refractivity contribution in [3.05, 3.63) is 24.0 Å². The van der Waals surface area contributed by atoms with Crippen molar-refractivity contribution in [2.45, 2.75) is 29.7 Å². The molecule has 0 saturated heterocycles. The van der Waals surface area contributed by atoms with Crippen LogP contribution in [0.3, 0.4) is 0 Å². The third-order valence-corrected chi connectivity index (χ3v) is 5.14. The van der Waals surface area contributed by atoms with Gasteiger partial charge in [-0.1, -0.05) is 0 Å². The van der Waals surface area contributed by atoms with Gasteiger partial charge in [-0.3, -0.25) is 0 Å². The number of guanidine groups is 1. The van der Waals surface area contributed by atoms with E-state index in [2.05, 4.69) is 15.0 Å². The number of sulfonamides is 1. The van der Waals surface area contributed by atoms with Crippen LogP contribution in [0.25, 0.3) is 0 Å². The van der Waals surface area contributed by atoms with Gasteiger partial charge in [0.2, 0.25) is 5.96 Å². The van der Waals surface area contributed by atoms with E-state index in [1.807, 2.05) is 0 Å². The molecule has 8 heteroatoms. The van der Waals surface area contributed by atoms with E-state index in [-0.39, 0.29) is 16.4 Å². The lowest BCUT2D eigenvalue weighted by Gasteiger charge is -2.38. The summed E-state index contributed by atoms with van der Waals surface area (Å²) in [7, 11) is -2.22. The molecule has 114 valence electrons. The molecule has 1 fully saturated rings. The summed E-state index contributed by atoms with van der Waals surface area (Å²) >= 11 is 0. The summed E-state index contributed by atoms with van der Waals surface area (Å²) in [5, 5.41) is 2.90. The van der Waals surface area contributed by atoms with E-state index in [1.54, 1.807) is 7.11 Å². The fourth-order valence-corrected chi connectivity index (χ4v) is 3.72. The van der Waals surface area contributed by atoms with Gasteiger partial charge in [-0.15, -0.1) is 0 Å². The minimum atomic E-state index is -3.81. The quantitative estimate of drug-likeness (QED) is 0.885. The second kappa shape index (κ2) is 4.96. The van der Waals surface area contributed by atoms with Crippen LogP contribution in [0.1, 0.15) is 19.3 Å². The van der Waals surface area contributed by atoms with E-state index in [0.717, 1.165) is 25.3 Å². The Balaban J connectivity index is 1.96. The summed E-state index contributed by atoms with van der Waals surface area (Å²) in [4.78, 5) is 4.36. The van der Waals surface area contributed by atoms with Gasteiger partial charge in [0.05, 0.1) is 17.8 Å². The van der Waals surface area contributed by atoms with Crippen molar-refractivity contribution in [1.29, 1.82) is 0 Å². The van der Waals surface area contributed by atoms with Crippen LogP contribution in [0.2, 0.25) is 0 Å². The molecular formula is C13H16FN3O3S. The van der Waals surface area contributed by atoms with Crippen molar-refractivity contribution >= 4 is 21.7 Å². The number of anilines is 1. The van der Waals surface area contributed by atoms with E-state index in [9.17, 15) is 12.8 Å². The normalized spacial score (nSPS) is 23.6. The molecule has 2 aliphatic rings. The number of benzene rings is 1. The molecule has 0 unspecified atom stereocenters. The zero-order chi connectivity index (χ0) is 15.1. The summed E-state index contributed by atoms with van der Waals surface area (Å²) in [5.74, 6) is -0.443. The summed E-state index contributed by atoms with van der Waals surface area (Å²) < 4.78 is 45.0. The average molecular weight is 313 g/mol. The van der Waals surface area contributed by atoms with Gasteiger partial charge in [0.1, 0.15) is 10.7 Å². The van der Waals surface area contributed by atoms with Crippen LogP contribution in [-0.2, 0) is 14.8 Å². The highest BCUT2D eigenvalue weighted by Gasteiger charge is 2.38. The number of hydrogen-bond acceptors (Lipinski definition) is 4. The van der Waals surface area contributed by atoms with Crippen LogP contribution in [0.5, 0.6) is 0 Å². The zero-order valence-corrected chi connectivity index (χ0v) is 12.3. The Bertz CT molecular complexity index is 699. The molecule has 0 radical (unpaired) electrons. The van der Waals surface area contributed by atoms with Gasteiger partial charge in [0, 0.05) is 7.11 Å². The number of hydrogen-bond donors (Lipinski definition) is 2. The number of methoxy groups -OCH3 is 1. The highest BCUT2D eigenvalue weighted by atomic mass is 32.2. The van der Waals surface area contributed by atoms with Crippen molar-refractivity contribution in [2.24, 2.45) is 4.99 Å². The molecule has 6 nitrogen and oxygen atoms in total. The molecule has 21 heavy (non-hydrogen) atoms. The van der Waals surface area contributed by atoms with Crippen LogP contribution in [0, 0.1) is 5.82 Å². The first-order valence-corrected chi connectivity index (χ1v) is 8.11. The van der Waals surface area contributed by atoms with Crippen molar-refractivity contribution in [1.82, 2.24) is 4.72 Å². The maximum atomic E-state index is 13.2. The number of rotatable bonds is 3. The van der Waals surface area contributed by atoms with Crippen LogP contribution in [-0.4, -0.2) is 33.6 Å². The number of aliphatic imine (C=N–C) groups is 1. The second-order valence-electron chi connectivity index (χ2n) is 5.34. The van der Waals surface area contributed by atoms with Crippen molar-refractivity contribution in [2.75, 3.05) is 19.0 Å². The Morgan fingerprint density at radius 3 is 2.81 bits per heavy atom. The zero-order valence-electron chi connectivity index (χ0n) is 11.5. The molecule has 2 N–H and O–H groups in total. The maximum Gasteiger partial charge on any atom is 0.266 e. The van der Waals surface area contributed by atoms with Crippen LogP contribution >= 0.6 is 0 Å². The average Bonchev–Trinajstić information content (AvgIpc) is 2.37. The smallest absolute Gasteiger partial charge is 0.266 e. The largest absolute Gasteiger partial charge is 0.382 e. The van der Waals surface area contributed by atoms with E-state index in [1.165, 1.54) is 12.1 Å². The Labute approximate surface area is 122 Å². The predicted octanol–water partition coefficient (Wildman–Crippen LogP) is 1.45. The van der Waals surface area contributed by atoms with Crippen LogP contribution < -0.4 is 10.0 Å². The Morgan fingerprint density at radius 1 is 1.43 bits per heavy atom. The maximum absolute atomic E-state index is 13.2. The second-order valence-corrected chi connectivity index (χ2v) is 6.99. The lowest BCUT2D eigenvalue weighted by molar-refractivity contribution is 0.0863. The molecule has 1 aromatic rings. The van der Waals surface area contributed by atoms with Crippen LogP contribution in [0.4, 0.5) is 10.1 Å². The Morgan fingerprint density at radius 2 is 2.19 bits per heavy atom. The third kappa shape index (κ3) is 2.60. The number of ether oxygens (including phenoxy) is 1. The highest BCUT2D eigenvalue weighted by Crippen LogP contribution is 2.36. The summed E-state index contributed by atoms with van der Waals surface area (Å²) in [6, 6.07) is 3.58. The molecule has 1 saturated carbocycles. The molecule has 1 aliphatic carbocycles. The van der Waals surface area contributed by atoms with Gasteiger partial charge >= 0.3 is 0 Å². The molecule has 1 heterocycles. The molecule has 0 bridgehead atoms. The van der Waals surface area contributed by atoms with Gasteiger partial charge in [0.25, 0.3) is 10.0 Å². The van der Waals surface area contributed by atoms with Gasteiger partial charge in [-0.25, -0.2) is 22.5 Å². The van der Waals surface area contributed by atoms with E-state index in [4.69, 9.17) is 4.74 Å². The van der Waals surface area contributed by atoms with Gasteiger partial charge < -0.3 is 10.1 Å². The number of halogens is 1. The molecule has 0 atom stereocenters. The van der Waals surface area contributed by atoms with Gasteiger partial charge in [-0.2, -0.15) is 0 Å². The van der Waals surface area contributed by atoms with Gasteiger partial charge in [0.15, 0.2) is 0 Å². The van der Waals surface area contributed by atoms with Crippen molar-refractivity contribution < 1.29 is 17.5 Å². The summed E-state index contributed by atoms with van der Waals surface area (Å²) in [6.45, 7) is 0.441.